The number of hydrazine groups is 1. The molecule has 19 heavy (non-hydrogen) atoms. The van der Waals surface area contributed by atoms with Crippen LogP contribution in [-0.2, 0) is 6.42 Å². The molecule has 1 rings (SSSR count). The fourth-order valence-electron chi connectivity index (χ4n) is 1.75. The second-order valence-corrected chi connectivity index (χ2v) is 4.39. The second-order valence-electron chi connectivity index (χ2n) is 4.39. The van der Waals surface area contributed by atoms with Crippen LogP contribution in [0.1, 0.15) is 24.8 Å². The highest BCUT2D eigenvalue weighted by Crippen LogP contribution is 2.13. The summed E-state index contributed by atoms with van der Waals surface area (Å²) in [6, 6.07) is 3.36. The van der Waals surface area contributed by atoms with Gasteiger partial charge in [0.2, 0.25) is 0 Å². The molecule has 4 nitrogen and oxygen atoms in total. The van der Waals surface area contributed by atoms with Crippen LogP contribution in [-0.4, -0.2) is 11.2 Å². The molecular weight excluding hydrogens is 252 g/mol. The Morgan fingerprint density at radius 1 is 1.26 bits per heavy atom. The molecule has 0 heterocycles. The molecule has 0 saturated heterocycles. The molecule has 0 spiro atoms. The van der Waals surface area contributed by atoms with Crippen molar-refractivity contribution in [1.82, 2.24) is 5.43 Å². The van der Waals surface area contributed by atoms with E-state index in [4.69, 9.17) is 11.6 Å². The van der Waals surface area contributed by atoms with Crippen molar-refractivity contribution in [3.8, 4) is 0 Å². The van der Waals surface area contributed by atoms with Gasteiger partial charge in [-0.2, -0.15) is 0 Å². The summed E-state index contributed by atoms with van der Waals surface area (Å²) < 4.78 is 25.9. The Kier molecular flexibility index (Phi) is 6.24. The number of hydrogen-bond donors (Lipinski definition) is 4. The largest absolute Gasteiger partial charge is 0.401 e. The highest BCUT2D eigenvalue weighted by Gasteiger charge is 2.07. The van der Waals surface area contributed by atoms with Gasteiger partial charge in [0.15, 0.2) is 0 Å². The van der Waals surface area contributed by atoms with Gasteiger partial charge in [-0.3, -0.25) is 5.84 Å². The number of aryl methyl sites for hydroxylation is 1. The molecule has 0 aliphatic heterocycles. The van der Waals surface area contributed by atoms with E-state index < -0.39 is 17.7 Å². The highest BCUT2D eigenvalue weighted by molar-refractivity contribution is 5.18. The van der Waals surface area contributed by atoms with Crippen LogP contribution in [0.4, 0.5) is 8.78 Å². The first-order valence-electron chi connectivity index (χ1n) is 6.05. The third-order valence-electron chi connectivity index (χ3n) is 2.72. The van der Waals surface area contributed by atoms with Gasteiger partial charge in [-0.15, -0.1) is 0 Å². The van der Waals surface area contributed by atoms with Crippen molar-refractivity contribution in [2.75, 3.05) is 0 Å². The lowest BCUT2D eigenvalue weighted by Gasteiger charge is -2.10. The van der Waals surface area contributed by atoms with Crippen LogP contribution in [0, 0.1) is 11.6 Å². The number of nitrogens with one attached hydrogen (secondary N) is 1. The van der Waals surface area contributed by atoms with Gasteiger partial charge in [-0.1, -0.05) is 0 Å². The fourth-order valence-corrected chi connectivity index (χ4v) is 1.75. The Hall–Kier alpha value is -1.66. The summed E-state index contributed by atoms with van der Waals surface area (Å²) in [6.07, 6.45) is 2.69. The number of benzene rings is 1. The minimum absolute atomic E-state index is 0.411. The van der Waals surface area contributed by atoms with E-state index in [9.17, 15) is 13.9 Å². The molecule has 0 saturated carbocycles. The van der Waals surface area contributed by atoms with Crippen LogP contribution < -0.4 is 17.0 Å². The van der Waals surface area contributed by atoms with E-state index in [-0.39, 0.29) is 0 Å². The Morgan fingerprint density at radius 2 is 1.89 bits per heavy atom. The van der Waals surface area contributed by atoms with E-state index in [1.165, 1.54) is 18.3 Å². The Morgan fingerprint density at radius 3 is 2.47 bits per heavy atom. The van der Waals surface area contributed by atoms with E-state index in [0.717, 1.165) is 6.07 Å². The summed E-state index contributed by atoms with van der Waals surface area (Å²) in [5, 5.41) is 9.74. The van der Waals surface area contributed by atoms with Crippen molar-refractivity contribution >= 4 is 0 Å². The lowest BCUT2D eigenvalue weighted by Crippen LogP contribution is -2.17. The highest BCUT2D eigenvalue weighted by atomic mass is 19.1. The van der Waals surface area contributed by atoms with E-state index in [2.05, 4.69) is 5.43 Å². The zero-order valence-corrected chi connectivity index (χ0v) is 10.6. The second kappa shape index (κ2) is 7.70. The summed E-state index contributed by atoms with van der Waals surface area (Å²) in [6.45, 7) is 0. The Labute approximate surface area is 111 Å². The Balaban J connectivity index is 2.37. The molecule has 1 aromatic carbocycles. The van der Waals surface area contributed by atoms with E-state index in [0.29, 0.717) is 36.9 Å². The normalized spacial score (nSPS) is 13.4. The van der Waals surface area contributed by atoms with Crippen molar-refractivity contribution in [2.45, 2.75) is 31.8 Å². The van der Waals surface area contributed by atoms with Gasteiger partial charge in [-0.25, -0.2) is 8.78 Å². The first-order chi connectivity index (χ1) is 9.01. The minimum atomic E-state index is -0.606. The zero-order chi connectivity index (χ0) is 14.3. The van der Waals surface area contributed by atoms with Crippen LogP contribution in [0.3, 0.4) is 0 Å². The predicted molar refractivity (Wildman–Crippen MR) is 69.5 cm³/mol. The van der Waals surface area contributed by atoms with Crippen LogP contribution in [0.15, 0.2) is 30.1 Å². The molecule has 0 fully saturated rings. The minimum Gasteiger partial charge on any atom is -0.401 e. The average Bonchev–Trinajstić information content (AvgIpc) is 2.33. The third kappa shape index (κ3) is 6.17. The van der Waals surface area contributed by atoms with Gasteiger partial charge < -0.3 is 16.3 Å². The number of aliphatic hydroxyl groups excluding tert-OH is 1. The van der Waals surface area contributed by atoms with E-state index in [1.54, 1.807) is 0 Å². The number of aliphatic hydroxyl groups is 1. The first-order valence-corrected chi connectivity index (χ1v) is 6.05. The van der Waals surface area contributed by atoms with Gasteiger partial charge in [0, 0.05) is 18.0 Å². The van der Waals surface area contributed by atoms with E-state index in [1.807, 2.05) is 0 Å². The smallest absolute Gasteiger partial charge is 0.126 e. The number of rotatable bonds is 7. The average molecular weight is 271 g/mol. The molecule has 0 radical (unpaired) electrons. The maximum Gasteiger partial charge on any atom is 0.126 e. The fraction of sp³-hybridized carbons (Fsp3) is 0.385. The molecule has 106 valence electrons. The number of hydrogen-bond acceptors (Lipinski definition) is 4. The topological polar surface area (TPSA) is 84.3 Å². The van der Waals surface area contributed by atoms with Crippen molar-refractivity contribution in [1.29, 1.82) is 0 Å². The van der Waals surface area contributed by atoms with Gasteiger partial charge in [-0.05, 0) is 43.4 Å². The summed E-state index contributed by atoms with van der Waals surface area (Å²) in [7, 11) is 0. The number of allylic oxidation sites excluding steroid dienone is 1. The summed E-state index contributed by atoms with van der Waals surface area (Å²) >= 11 is 0. The molecule has 6 heteroatoms. The number of halogens is 2. The zero-order valence-electron chi connectivity index (χ0n) is 10.6. The lowest BCUT2D eigenvalue weighted by molar-refractivity contribution is 0.155. The molecule has 6 N–H and O–H groups in total. The van der Waals surface area contributed by atoms with Crippen LogP contribution >= 0.6 is 0 Å². The monoisotopic (exact) mass is 271 g/mol. The Bertz CT molecular complexity index is 418. The third-order valence-corrected chi connectivity index (χ3v) is 2.72. The van der Waals surface area contributed by atoms with Crippen molar-refractivity contribution in [2.24, 2.45) is 11.6 Å². The predicted octanol–water partition coefficient (Wildman–Crippen LogP) is 1.30. The van der Waals surface area contributed by atoms with Gasteiger partial charge >= 0.3 is 0 Å². The van der Waals surface area contributed by atoms with Crippen LogP contribution in [0.5, 0.6) is 0 Å². The molecule has 1 aromatic rings. The molecule has 1 atom stereocenters. The standard InChI is InChI=1S/C13H19F2N3O/c14-10-5-9(6-11(15)7-10)1-3-13(19)4-2-12(16)8-18-17/h5-8,13,18-19H,1-4,16-17H2/b12-8-. The van der Waals surface area contributed by atoms with Gasteiger partial charge in [0.25, 0.3) is 0 Å². The maximum atomic E-state index is 12.9. The summed E-state index contributed by atoms with van der Waals surface area (Å²) in [4.78, 5) is 0. The molecule has 0 aliphatic carbocycles. The molecule has 1 unspecified atom stereocenters. The summed E-state index contributed by atoms with van der Waals surface area (Å²) in [5.41, 5.74) is 8.97. The van der Waals surface area contributed by atoms with Gasteiger partial charge in [0.05, 0.1) is 6.10 Å². The molecule has 0 bridgehead atoms. The quantitative estimate of drug-likeness (QED) is 0.445. The lowest BCUT2D eigenvalue weighted by atomic mass is 10.0. The van der Waals surface area contributed by atoms with Crippen molar-refractivity contribution in [3.05, 3.63) is 47.3 Å². The number of nitrogens with two attached hydrogens (primary N) is 2. The molecule has 0 aliphatic rings. The van der Waals surface area contributed by atoms with Crippen LogP contribution in [0.25, 0.3) is 0 Å². The van der Waals surface area contributed by atoms with Gasteiger partial charge in [0.1, 0.15) is 11.6 Å². The van der Waals surface area contributed by atoms with Crippen molar-refractivity contribution in [3.63, 3.8) is 0 Å². The molecular formula is C13H19F2N3O. The molecule has 0 amide bonds. The maximum absolute atomic E-state index is 12.9. The van der Waals surface area contributed by atoms with E-state index >= 15 is 0 Å². The molecule has 0 aromatic heterocycles. The van der Waals surface area contributed by atoms with Crippen LogP contribution in [0.2, 0.25) is 0 Å². The summed E-state index contributed by atoms with van der Waals surface area (Å²) in [5.74, 6) is 3.85. The SMILES string of the molecule is NN/C=C(\N)CCC(O)CCc1cc(F)cc(F)c1. The first kappa shape index (κ1) is 15.4. The van der Waals surface area contributed by atoms with Crippen molar-refractivity contribution < 1.29 is 13.9 Å².